The van der Waals surface area contributed by atoms with Gasteiger partial charge < -0.3 is 5.32 Å². The minimum Gasteiger partial charge on any atom is -0.314 e. The van der Waals surface area contributed by atoms with Crippen LogP contribution in [0.15, 0.2) is 18.2 Å². The van der Waals surface area contributed by atoms with Gasteiger partial charge in [0, 0.05) is 32.7 Å². The highest BCUT2D eigenvalue weighted by atomic mass is 15.2. The Hall–Kier alpha value is -0.860. The SMILES string of the molecule is Cc1ccc(C)c(CN2CCNCC2)c1. The minimum atomic E-state index is 1.11. The Labute approximate surface area is 92.3 Å². The third-order valence-corrected chi connectivity index (χ3v) is 3.11. The Bertz CT molecular complexity index is 327. The van der Waals surface area contributed by atoms with E-state index in [4.69, 9.17) is 0 Å². The normalized spacial score (nSPS) is 18.0. The van der Waals surface area contributed by atoms with Crippen molar-refractivity contribution >= 4 is 0 Å². The van der Waals surface area contributed by atoms with E-state index in [1.54, 1.807) is 0 Å². The molecule has 82 valence electrons. The molecule has 0 saturated carbocycles. The molecular formula is C13H20N2. The van der Waals surface area contributed by atoms with Crippen molar-refractivity contribution in [2.75, 3.05) is 26.2 Å². The molecule has 2 nitrogen and oxygen atoms in total. The maximum Gasteiger partial charge on any atom is 0.0237 e. The van der Waals surface area contributed by atoms with Crippen molar-refractivity contribution in [2.24, 2.45) is 0 Å². The highest BCUT2D eigenvalue weighted by molar-refractivity contribution is 5.30. The molecule has 0 aromatic heterocycles. The van der Waals surface area contributed by atoms with E-state index in [0.717, 1.165) is 19.6 Å². The Balaban J connectivity index is 2.05. The standard InChI is InChI=1S/C13H20N2/c1-11-3-4-12(2)13(9-11)10-15-7-5-14-6-8-15/h3-4,9,14H,5-8,10H2,1-2H3. The van der Waals surface area contributed by atoms with E-state index in [-0.39, 0.29) is 0 Å². The first kappa shape index (κ1) is 10.7. The summed E-state index contributed by atoms with van der Waals surface area (Å²) in [6, 6.07) is 6.74. The van der Waals surface area contributed by atoms with E-state index in [0.29, 0.717) is 0 Å². The quantitative estimate of drug-likeness (QED) is 0.789. The van der Waals surface area contributed by atoms with Gasteiger partial charge in [0.2, 0.25) is 0 Å². The zero-order chi connectivity index (χ0) is 10.7. The fraction of sp³-hybridized carbons (Fsp3) is 0.538. The monoisotopic (exact) mass is 204 g/mol. The minimum absolute atomic E-state index is 1.11. The number of benzene rings is 1. The van der Waals surface area contributed by atoms with Crippen molar-refractivity contribution in [1.82, 2.24) is 10.2 Å². The van der Waals surface area contributed by atoms with E-state index in [2.05, 4.69) is 42.3 Å². The van der Waals surface area contributed by atoms with E-state index in [1.807, 2.05) is 0 Å². The highest BCUT2D eigenvalue weighted by Gasteiger charge is 2.10. The van der Waals surface area contributed by atoms with Gasteiger partial charge in [0.1, 0.15) is 0 Å². The summed E-state index contributed by atoms with van der Waals surface area (Å²) in [5, 5.41) is 3.38. The molecule has 1 aromatic rings. The van der Waals surface area contributed by atoms with Crippen molar-refractivity contribution in [2.45, 2.75) is 20.4 Å². The van der Waals surface area contributed by atoms with Crippen molar-refractivity contribution in [3.8, 4) is 0 Å². The lowest BCUT2D eigenvalue weighted by atomic mass is 10.1. The summed E-state index contributed by atoms with van der Waals surface area (Å²) in [6.45, 7) is 10.1. The topological polar surface area (TPSA) is 15.3 Å². The van der Waals surface area contributed by atoms with Crippen LogP contribution in [0.3, 0.4) is 0 Å². The van der Waals surface area contributed by atoms with E-state index >= 15 is 0 Å². The molecule has 0 radical (unpaired) electrons. The number of aryl methyl sites for hydroxylation is 2. The lowest BCUT2D eigenvalue weighted by Crippen LogP contribution is -2.43. The van der Waals surface area contributed by atoms with Gasteiger partial charge in [-0.1, -0.05) is 23.8 Å². The molecule has 1 aliphatic rings. The maximum atomic E-state index is 3.38. The molecule has 1 heterocycles. The Morgan fingerprint density at radius 3 is 2.67 bits per heavy atom. The average molecular weight is 204 g/mol. The van der Waals surface area contributed by atoms with E-state index in [1.165, 1.54) is 29.8 Å². The summed E-state index contributed by atoms with van der Waals surface area (Å²) in [6.07, 6.45) is 0. The molecule has 0 bridgehead atoms. The van der Waals surface area contributed by atoms with Crippen LogP contribution < -0.4 is 5.32 Å². The van der Waals surface area contributed by atoms with Crippen LogP contribution in [0.25, 0.3) is 0 Å². The van der Waals surface area contributed by atoms with Gasteiger partial charge in [-0.15, -0.1) is 0 Å². The zero-order valence-electron chi connectivity index (χ0n) is 9.71. The number of rotatable bonds is 2. The smallest absolute Gasteiger partial charge is 0.0237 e. The summed E-state index contributed by atoms with van der Waals surface area (Å²) in [4.78, 5) is 2.53. The summed E-state index contributed by atoms with van der Waals surface area (Å²) < 4.78 is 0. The number of nitrogens with zero attached hydrogens (tertiary/aromatic N) is 1. The molecule has 1 N–H and O–H groups in total. The zero-order valence-corrected chi connectivity index (χ0v) is 9.71. The van der Waals surface area contributed by atoms with Crippen LogP contribution in [-0.4, -0.2) is 31.1 Å². The molecule has 0 unspecified atom stereocenters. The Morgan fingerprint density at radius 1 is 1.20 bits per heavy atom. The molecule has 0 atom stereocenters. The second-order valence-electron chi connectivity index (χ2n) is 4.46. The molecule has 0 spiro atoms. The van der Waals surface area contributed by atoms with Crippen molar-refractivity contribution in [3.63, 3.8) is 0 Å². The molecule has 0 aliphatic carbocycles. The summed E-state index contributed by atoms with van der Waals surface area (Å²) in [7, 11) is 0. The summed E-state index contributed by atoms with van der Waals surface area (Å²) in [5.74, 6) is 0. The molecule has 15 heavy (non-hydrogen) atoms. The van der Waals surface area contributed by atoms with Crippen LogP contribution in [0.5, 0.6) is 0 Å². The lowest BCUT2D eigenvalue weighted by molar-refractivity contribution is 0.233. The number of nitrogens with one attached hydrogen (secondary N) is 1. The molecule has 1 fully saturated rings. The maximum absolute atomic E-state index is 3.38. The molecule has 2 rings (SSSR count). The molecule has 2 heteroatoms. The van der Waals surface area contributed by atoms with Crippen LogP contribution in [0.4, 0.5) is 0 Å². The molecule has 1 saturated heterocycles. The van der Waals surface area contributed by atoms with Gasteiger partial charge in [0.15, 0.2) is 0 Å². The number of hydrogen-bond acceptors (Lipinski definition) is 2. The molecule has 1 aliphatic heterocycles. The second kappa shape index (κ2) is 4.77. The third-order valence-electron chi connectivity index (χ3n) is 3.11. The van der Waals surface area contributed by atoms with Crippen molar-refractivity contribution in [3.05, 3.63) is 34.9 Å². The van der Waals surface area contributed by atoms with Crippen LogP contribution in [-0.2, 0) is 6.54 Å². The fourth-order valence-corrected chi connectivity index (χ4v) is 2.08. The molecule has 1 aromatic carbocycles. The number of piperazine rings is 1. The first-order chi connectivity index (χ1) is 7.25. The predicted octanol–water partition coefficient (Wildman–Crippen LogP) is 1.71. The first-order valence-electron chi connectivity index (χ1n) is 5.75. The molecular weight excluding hydrogens is 184 g/mol. The van der Waals surface area contributed by atoms with Crippen LogP contribution in [0.1, 0.15) is 16.7 Å². The van der Waals surface area contributed by atoms with Gasteiger partial charge in [0.25, 0.3) is 0 Å². The van der Waals surface area contributed by atoms with Gasteiger partial charge in [-0.25, -0.2) is 0 Å². The van der Waals surface area contributed by atoms with Gasteiger partial charge in [-0.3, -0.25) is 4.90 Å². The summed E-state index contributed by atoms with van der Waals surface area (Å²) in [5.41, 5.74) is 4.27. The highest BCUT2D eigenvalue weighted by Crippen LogP contribution is 2.13. The molecule has 0 amide bonds. The largest absolute Gasteiger partial charge is 0.314 e. The Kier molecular flexibility index (Phi) is 3.39. The van der Waals surface area contributed by atoms with Crippen LogP contribution >= 0.6 is 0 Å². The van der Waals surface area contributed by atoms with Gasteiger partial charge in [-0.05, 0) is 25.0 Å². The van der Waals surface area contributed by atoms with Crippen molar-refractivity contribution < 1.29 is 0 Å². The van der Waals surface area contributed by atoms with Crippen molar-refractivity contribution in [1.29, 1.82) is 0 Å². The lowest BCUT2D eigenvalue weighted by Gasteiger charge is -2.27. The summed E-state index contributed by atoms with van der Waals surface area (Å²) >= 11 is 0. The third kappa shape index (κ3) is 2.80. The predicted molar refractivity (Wildman–Crippen MR) is 64.1 cm³/mol. The van der Waals surface area contributed by atoms with Gasteiger partial charge in [-0.2, -0.15) is 0 Å². The second-order valence-corrected chi connectivity index (χ2v) is 4.46. The van der Waals surface area contributed by atoms with Gasteiger partial charge in [0.05, 0.1) is 0 Å². The Morgan fingerprint density at radius 2 is 1.93 bits per heavy atom. The van der Waals surface area contributed by atoms with E-state index in [9.17, 15) is 0 Å². The fourth-order valence-electron chi connectivity index (χ4n) is 2.08. The van der Waals surface area contributed by atoms with E-state index < -0.39 is 0 Å². The van der Waals surface area contributed by atoms with Gasteiger partial charge >= 0.3 is 0 Å². The average Bonchev–Trinajstić information content (AvgIpc) is 2.25. The van der Waals surface area contributed by atoms with Crippen LogP contribution in [0, 0.1) is 13.8 Å². The first-order valence-corrected chi connectivity index (χ1v) is 5.75. The number of hydrogen-bond donors (Lipinski definition) is 1. The van der Waals surface area contributed by atoms with Crippen LogP contribution in [0.2, 0.25) is 0 Å².